The summed E-state index contributed by atoms with van der Waals surface area (Å²) in [5.41, 5.74) is 1.91. The quantitative estimate of drug-likeness (QED) is 0.729. The largest absolute Gasteiger partial charge is 0.465 e. The minimum absolute atomic E-state index is 0.247. The van der Waals surface area contributed by atoms with Crippen LogP contribution in [0, 0.1) is 0 Å². The molecule has 1 aliphatic heterocycles. The van der Waals surface area contributed by atoms with Crippen molar-refractivity contribution in [1.82, 2.24) is 0 Å². The Kier molecular flexibility index (Phi) is 6.77. The van der Waals surface area contributed by atoms with Gasteiger partial charge in [0.25, 0.3) is 0 Å². The number of ether oxygens (including phenoxy) is 4. The van der Waals surface area contributed by atoms with Crippen LogP contribution in [0.15, 0.2) is 54.6 Å². The topological polar surface area (TPSA) is 94.5 Å². The number of carbonyl (C=O) groups is 1. The number of aliphatic hydroxyl groups excluding tert-OH is 2. The van der Waals surface area contributed by atoms with Gasteiger partial charge in [-0.05, 0) is 23.3 Å². The number of aliphatic hydroxyl groups is 2. The molecule has 1 saturated heterocycles. The number of benzene rings is 2. The number of esters is 1. The molecule has 0 unspecified atom stereocenters. The van der Waals surface area contributed by atoms with Crippen molar-refractivity contribution in [1.29, 1.82) is 0 Å². The van der Waals surface area contributed by atoms with E-state index >= 15 is 0 Å². The fourth-order valence-electron chi connectivity index (χ4n) is 3.17. The number of methoxy groups -OCH3 is 2. The van der Waals surface area contributed by atoms with E-state index in [9.17, 15) is 15.0 Å². The molecule has 150 valence electrons. The minimum Gasteiger partial charge on any atom is -0.465 e. The molecule has 7 nitrogen and oxygen atoms in total. The van der Waals surface area contributed by atoms with Crippen LogP contribution in [0.4, 0.5) is 0 Å². The van der Waals surface area contributed by atoms with E-state index in [4.69, 9.17) is 14.2 Å². The van der Waals surface area contributed by atoms with Crippen molar-refractivity contribution in [3.63, 3.8) is 0 Å². The highest BCUT2D eigenvalue weighted by Crippen LogP contribution is 2.34. The lowest BCUT2D eigenvalue weighted by Crippen LogP contribution is -2.55. The summed E-state index contributed by atoms with van der Waals surface area (Å²) in [6.45, 7) is 0.247. The van der Waals surface area contributed by atoms with Crippen LogP contribution in [0.3, 0.4) is 0 Å². The number of hydrogen-bond acceptors (Lipinski definition) is 7. The van der Waals surface area contributed by atoms with Crippen molar-refractivity contribution >= 4 is 5.97 Å². The van der Waals surface area contributed by atoms with Crippen LogP contribution in [-0.4, -0.2) is 55.0 Å². The van der Waals surface area contributed by atoms with E-state index in [1.807, 2.05) is 30.3 Å². The zero-order chi connectivity index (χ0) is 20.1. The van der Waals surface area contributed by atoms with Gasteiger partial charge in [0.2, 0.25) is 0 Å². The maximum Gasteiger partial charge on any atom is 0.337 e. The lowest BCUT2D eigenvalue weighted by molar-refractivity contribution is -0.304. The summed E-state index contributed by atoms with van der Waals surface area (Å²) in [5.74, 6) is -0.458. The van der Waals surface area contributed by atoms with Crippen LogP contribution < -0.4 is 0 Å². The Morgan fingerprint density at radius 3 is 2.29 bits per heavy atom. The Labute approximate surface area is 163 Å². The summed E-state index contributed by atoms with van der Waals surface area (Å²) in [5, 5.41) is 21.2. The maximum atomic E-state index is 11.6. The van der Waals surface area contributed by atoms with Crippen LogP contribution in [0.25, 0.3) is 0 Å². The van der Waals surface area contributed by atoms with Gasteiger partial charge >= 0.3 is 5.97 Å². The summed E-state index contributed by atoms with van der Waals surface area (Å²) in [7, 11) is 2.75. The zero-order valence-corrected chi connectivity index (χ0v) is 15.7. The maximum absolute atomic E-state index is 11.6. The molecule has 0 aromatic heterocycles. The Hall–Kier alpha value is -2.29. The highest BCUT2D eigenvalue weighted by molar-refractivity contribution is 5.89. The molecule has 28 heavy (non-hydrogen) atoms. The van der Waals surface area contributed by atoms with E-state index in [-0.39, 0.29) is 6.61 Å². The number of hydrogen-bond donors (Lipinski definition) is 2. The molecule has 0 bridgehead atoms. The first-order valence-corrected chi connectivity index (χ1v) is 8.93. The van der Waals surface area contributed by atoms with Crippen molar-refractivity contribution in [2.45, 2.75) is 37.3 Å². The lowest BCUT2D eigenvalue weighted by atomic mass is 9.93. The zero-order valence-electron chi connectivity index (χ0n) is 15.7. The Balaban J connectivity index is 1.72. The third-order valence-corrected chi connectivity index (χ3v) is 4.72. The van der Waals surface area contributed by atoms with Gasteiger partial charge in [0.1, 0.15) is 24.4 Å². The molecule has 2 aromatic rings. The van der Waals surface area contributed by atoms with E-state index in [2.05, 4.69) is 4.74 Å². The number of rotatable bonds is 6. The highest BCUT2D eigenvalue weighted by atomic mass is 16.7. The van der Waals surface area contributed by atoms with Crippen LogP contribution in [0.5, 0.6) is 0 Å². The average molecular weight is 388 g/mol. The molecule has 0 spiro atoms. The van der Waals surface area contributed by atoms with Gasteiger partial charge in [0.15, 0.2) is 6.29 Å². The SMILES string of the molecule is COC(=O)c1ccc([C@@H]2O[C@@H](OC)[C@H](OCc3ccccc3)[C@@H](O)[C@@H]2O)cc1. The molecular weight excluding hydrogens is 364 g/mol. The molecule has 1 heterocycles. The fourth-order valence-corrected chi connectivity index (χ4v) is 3.17. The molecule has 3 rings (SSSR count). The van der Waals surface area contributed by atoms with Gasteiger partial charge in [-0.2, -0.15) is 0 Å². The fraction of sp³-hybridized carbons (Fsp3) is 0.381. The molecule has 1 aliphatic rings. The highest BCUT2D eigenvalue weighted by Gasteiger charge is 2.46. The van der Waals surface area contributed by atoms with Crippen LogP contribution in [0.1, 0.15) is 27.6 Å². The number of carbonyl (C=O) groups excluding carboxylic acids is 1. The second-order valence-electron chi connectivity index (χ2n) is 6.52. The third kappa shape index (κ3) is 4.40. The first-order chi connectivity index (χ1) is 13.5. The van der Waals surface area contributed by atoms with Gasteiger partial charge in [-0.25, -0.2) is 4.79 Å². The lowest BCUT2D eigenvalue weighted by Gasteiger charge is -2.42. The Bertz CT molecular complexity index is 760. The Morgan fingerprint density at radius 2 is 1.68 bits per heavy atom. The first-order valence-electron chi connectivity index (χ1n) is 8.93. The second kappa shape index (κ2) is 9.27. The summed E-state index contributed by atoms with van der Waals surface area (Å²) in [4.78, 5) is 11.6. The van der Waals surface area contributed by atoms with Crippen molar-refractivity contribution in [2.75, 3.05) is 14.2 Å². The third-order valence-electron chi connectivity index (χ3n) is 4.72. The average Bonchev–Trinajstić information content (AvgIpc) is 2.75. The summed E-state index contributed by atoms with van der Waals surface area (Å²) < 4.78 is 21.7. The minimum atomic E-state index is -1.23. The van der Waals surface area contributed by atoms with E-state index in [1.165, 1.54) is 14.2 Å². The summed E-state index contributed by atoms with van der Waals surface area (Å²) in [6.07, 6.45) is -5.00. The molecule has 0 aliphatic carbocycles. The smallest absolute Gasteiger partial charge is 0.337 e. The van der Waals surface area contributed by atoms with E-state index in [1.54, 1.807) is 24.3 Å². The standard InChI is InChI=1S/C21H24O7/c1-25-20(24)15-10-8-14(9-11-15)18-16(22)17(23)19(21(26-2)28-18)27-12-13-6-4-3-5-7-13/h3-11,16-19,21-23H,12H2,1-2H3/t16-,17-,18-,19+,21+/m0/s1. The molecule has 5 atom stereocenters. The van der Waals surface area contributed by atoms with Gasteiger partial charge in [-0.1, -0.05) is 42.5 Å². The van der Waals surface area contributed by atoms with Gasteiger partial charge in [-0.15, -0.1) is 0 Å². The predicted octanol–water partition coefficient (Wildman–Crippen LogP) is 1.82. The first kappa shape index (κ1) is 20.4. The predicted molar refractivity (Wildman–Crippen MR) is 99.4 cm³/mol. The Morgan fingerprint density at radius 1 is 1.00 bits per heavy atom. The molecule has 0 saturated carbocycles. The van der Waals surface area contributed by atoms with Gasteiger partial charge in [0, 0.05) is 7.11 Å². The van der Waals surface area contributed by atoms with Crippen molar-refractivity contribution in [3.05, 3.63) is 71.3 Å². The molecule has 2 N–H and O–H groups in total. The van der Waals surface area contributed by atoms with Crippen molar-refractivity contribution < 1.29 is 34.0 Å². The monoisotopic (exact) mass is 388 g/mol. The summed E-state index contributed by atoms with van der Waals surface area (Å²) >= 11 is 0. The van der Waals surface area contributed by atoms with Crippen LogP contribution in [0.2, 0.25) is 0 Å². The van der Waals surface area contributed by atoms with E-state index in [0.717, 1.165) is 5.56 Å². The van der Waals surface area contributed by atoms with Crippen LogP contribution >= 0.6 is 0 Å². The summed E-state index contributed by atoms with van der Waals surface area (Å²) in [6, 6.07) is 15.9. The molecule has 0 radical (unpaired) electrons. The van der Waals surface area contributed by atoms with Gasteiger partial charge < -0.3 is 29.2 Å². The van der Waals surface area contributed by atoms with Gasteiger partial charge in [-0.3, -0.25) is 0 Å². The normalized spacial score (nSPS) is 27.4. The van der Waals surface area contributed by atoms with Crippen molar-refractivity contribution in [3.8, 4) is 0 Å². The van der Waals surface area contributed by atoms with Crippen molar-refractivity contribution in [2.24, 2.45) is 0 Å². The molecule has 2 aromatic carbocycles. The molecule has 0 amide bonds. The molecule has 1 fully saturated rings. The molecular formula is C21H24O7. The molecule has 7 heteroatoms. The van der Waals surface area contributed by atoms with Crippen LogP contribution in [-0.2, 0) is 25.6 Å². The second-order valence-corrected chi connectivity index (χ2v) is 6.52. The van der Waals surface area contributed by atoms with E-state index < -0.39 is 36.7 Å². The van der Waals surface area contributed by atoms with Gasteiger partial charge in [0.05, 0.1) is 19.3 Å². The van der Waals surface area contributed by atoms with E-state index in [0.29, 0.717) is 11.1 Å².